The van der Waals surface area contributed by atoms with Crippen molar-refractivity contribution in [2.24, 2.45) is 17.6 Å². The van der Waals surface area contributed by atoms with E-state index >= 15 is 0 Å². The van der Waals surface area contributed by atoms with Crippen molar-refractivity contribution in [1.82, 2.24) is 4.90 Å². The molecule has 0 saturated heterocycles. The molecule has 3 aliphatic rings. The molecule has 0 unspecified atom stereocenters. The van der Waals surface area contributed by atoms with Gasteiger partial charge in [-0.15, -0.1) is 0 Å². The molecule has 7 N–H and O–H groups in total. The number of rotatable bonds is 3. The van der Waals surface area contributed by atoms with Crippen LogP contribution in [0.4, 0.5) is 5.69 Å². The second kappa shape index (κ2) is 9.69. The second-order valence-electron chi connectivity index (χ2n) is 10.0. The minimum atomic E-state index is -3.67. The smallest absolute Gasteiger partial charge is 0.261 e. The molecular formula is C24H31N3O10S. The summed E-state index contributed by atoms with van der Waals surface area (Å²) in [6, 6.07) is 2.06. The van der Waals surface area contributed by atoms with Gasteiger partial charge in [0.05, 0.1) is 17.9 Å². The first-order valence-electron chi connectivity index (χ1n) is 11.4. The molecule has 208 valence electrons. The highest BCUT2D eigenvalue weighted by Gasteiger charge is 2.63. The van der Waals surface area contributed by atoms with Gasteiger partial charge in [-0.3, -0.25) is 23.8 Å². The van der Waals surface area contributed by atoms with E-state index in [1.165, 1.54) is 11.0 Å². The number of hydrogen-bond acceptors (Lipinski definition) is 11. The molecule has 3 aliphatic carbocycles. The quantitative estimate of drug-likeness (QED) is 0.210. The van der Waals surface area contributed by atoms with Crippen molar-refractivity contribution in [1.29, 1.82) is 0 Å². The molecule has 38 heavy (non-hydrogen) atoms. The highest BCUT2D eigenvalue weighted by Crippen LogP contribution is 2.52. The number of Topliss-reactive ketones (excluding diaryl/α,β-unsaturated/α-hetero) is 2. The first-order chi connectivity index (χ1) is 17.3. The number of hydrogen-bond donors (Lipinski definition) is 6. The van der Waals surface area contributed by atoms with Crippen molar-refractivity contribution < 1.29 is 47.8 Å². The van der Waals surface area contributed by atoms with Crippen molar-refractivity contribution in [3.63, 3.8) is 0 Å². The van der Waals surface area contributed by atoms with Crippen molar-refractivity contribution in [2.75, 3.05) is 39.3 Å². The minimum absolute atomic E-state index is 0.00184. The fourth-order valence-electron chi connectivity index (χ4n) is 5.65. The lowest BCUT2D eigenvalue weighted by Gasteiger charge is -2.50. The van der Waals surface area contributed by atoms with E-state index in [4.69, 9.17) is 10.3 Å². The Labute approximate surface area is 219 Å². The van der Waals surface area contributed by atoms with Gasteiger partial charge in [0.2, 0.25) is 5.78 Å². The Kier molecular flexibility index (Phi) is 7.42. The maximum atomic E-state index is 13.5. The summed E-state index contributed by atoms with van der Waals surface area (Å²) >= 11 is 0. The number of carbonyl (C=O) groups excluding carboxylic acids is 3. The predicted molar refractivity (Wildman–Crippen MR) is 135 cm³/mol. The van der Waals surface area contributed by atoms with Crippen LogP contribution in [0.25, 0.3) is 0 Å². The standard InChI is InChI=1S/C23H27N3O7.CH4O3S/c1-25(2)12-5-6-13(27)15-10(12)7-9-8-11-17(26(3)4)19(29)16(22(24)32)21(31)23(11,33)20(30)14(9)18(15)28;1-5(2,3)4/h5-6,9,11,17,27,29-30,33H,7-8H2,1-4H3,(H2,24,32);1H3,(H,2,3,4)/t9-,11-,17-,23-;/m0./s1. The number of aliphatic hydroxyl groups excluding tert-OH is 2. The average Bonchev–Trinajstić information content (AvgIpc) is 2.74. The van der Waals surface area contributed by atoms with Gasteiger partial charge in [0, 0.05) is 31.3 Å². The molecule has 0 aliphatic heterocycles. The van der Waals surface area contributed by atoms with E-state index in [9.17, 15) is 43.2 Å². The molecule has 4 atom stereocenters. The number of primary amides is 1. The fourth-order valence-corrected chi connectivity index (χ4v) is 5.65. The van der Waals surface area contributed by atoms with Gasteiger partial charge in [-0.2, -0.15) is 8.42 Å². The number of benzene rings is 1. The van der Waals surface area contributed by atoms with Crippen molar-refractivity contribution in [2.45, 2.75) is 24.5 Å². The van der Waals surface area contributed by atoms with E-state index in [-0.39, 0.29) is 29.7 Å². The number of nitrogens with zero attached hydrogens (tertiary/aromatic N) is 2. The lowest BCUT2D eigenvalue weighted by Crippen LogP contribution is -2.63. The number of aliphatic hydroxyl groups is 3. The molecule has 1 aromatic carbocycles. The molecule has 1 amide bonds. The summed E-state index contributed by atoms with van der Waals surface area (Å²) < 4.78 is 25.9. The summed E-state index contributed by atoms with van der Waals surface area (Å²) in [5.74, 6) is -6.53. The number of aromatic hydroxyl groups is 1. The van der Waals surface area contributed by atoms with Gasteiger partial charge in [0.25, 0.3) is 16.0 Å². The third kappa shape index (κ3) is 4.64. The van der Waals surface area contributed by atoms with Crippen molar-refractivity contribution in [3.05, 3.63) is 45.9 Å². The van der Waals surface area contributed by atoms with Crippen LogP contribution in [0.2, 0.25) is 0 Å². The number of phenols is 1. The number of fused-ring (bicyclic) bond motifs is 3. The van der Waals surface area contributed by atoms with E-state index < -0.39 is 68.2 Å². The number of amides is 1. The van der Waals surface area contributed by atoms with Crippen LogP contribution in [-0.2, 0) is 26.1 Å². The van der Waals surface area contributed by atoms with Gasteiger partial charge >= 0.3 is 0 Å². The first kappa shape index (κ1) is 29.1. The Bertz CT molecular complexity index is 1390. The number of nitrogens with two attached hydrogens (primary N) is 1. The summed E-state index contributed by atoms with van der Waals surface area (Å²) in [7, 11) is 3.12. The van der Waals surface area contributed by atoms with Crippen LogP contribution in [0, 0.1) is 11.8 Å². The molecule has 13 nitrogen and oxygen atoms in total. The Morgan fingerprint density at radius 1 is 1.11 bits per heavy atom. The molecule has 4 rings (SSSR count). The minimum Gasteiger partial charge on any atom is -0.510 e. The lowest BCUT2D eigenvalue weighted by atomic mass is 9.58. The maximum absolute atomic E-state index is 13.5. The van der Waals surface area contributed by atoms with Crippen LogP contribution in [-0.4, -0.2) is 102 Å². The number of phenolic OH excluding ortho intramolecular Hbond substituents is 1. The lowest BCUT2D eigenvalue weighted by molar-refractivity contribution is -0.148. The Balaban J connectivity index is 0.000000732. The zero-order chi connectivity index (χ0) is 29.1. The number of allylic oxidation sites excluding steroid dienone is 1. The normalized spacial score (nSPS) is 26.8. The fraction of sp³-hybridized carbons (Fsp3) is 0.458. The summed E-state index contributed by atoms with van der Waals surface area (Å²) in [6.07, 6.45) is 1.04. The van der Waals surface area contributed by atoms with Crippen LogP contribution in [0.15, 0.2) is 34.8 Å². The monoisotopic (exact) mass is 553 g/mol. The number of ketones is 2. The molecule has 0 saturated carbocycles. The van der Waals surface area contributed by atoms with Crippen LogP contribution in [0.3, 0.4) is 0 Å². The summed E-state index contributed by atoms with van der Waals surface area (Å²) in [5.41, 5.74) is 3.02. The van der Waals surface area contributed by atoms with Gasteiger partial charge in [0.1, 0.15) is 22.8 Å². The maximum Gasteiger partial charge on any atom is 0.261 e. The molecule has 0 aromatic heterocycles. The van der Waals surface area contributed by atoms with Gasteiger partial charge in [-0.05, 0) is 50.6 Å². The highest BCUT2D eigenvalue weighted by molar-refractivity contribution is 7.85. The number of likely N-dealkylation sites (N-methyl/N-ethyl adjacent to an activating group) is 1. The molecule has 14 heteroatoms. The summed E-state index contributed by atoms with van der Waals surface area (Å²) in [5, 5.41) is 43.9. The third-order valence-electron chi connectivity index (χ3n) is 7.06. The molecule has 0 bridgehead atoms. The van der Waals surface area contributed by atoms with E-state index in [0.29, 0.717) is 11.8 Å². The Morgan fingerprint density at radius 2 is 1.66 bits per heavy atom. The molecule has 0 radical (unpaired) electrons. The van der Waals surface area contributed by atoms with Gasteiger partial charge < -0.3 is 31.1 Å². The highest BCUT2D eigenvalue weighted by atomic mass is 32.2. The molecule has 0 spiro atoms. The predicted octanol–water partition coefficient (Wildman–Crippen LogP) is -0.309. The van der Waals surface area contributed by atoms with Crippen LogP contribution in [0.1, 0.15) is 22.3 Å². The average molecular weight is 554 g/mol. The second-order valence-corrected chi connectivity index (χ2v) is 11.5. The molecular weight excluding hydrogens is 522 g/mol. The SMILES string of the molecule is CN(C)c1ccc(O)c2c1C[C@H]1C[C@H]3[C@H](N(C)C)C(O)=C(C(N)=O)C(=O)[C@@]3(O)C(O)=C1C2=O.CS(=O)(=O)O. The van der Waals surface area contributed by atoms with Crippen molar-refractivity contribution in [3.8, 4) is 5.75 Å². The molecule has 0 fully saturated rings. The zero-order valence-electron chi connectivity index (χ0n) is 21.5. The summed E-state index contributed by atoms with van der Waals surface area (Å²) in [6.45, 7) is 0. The zero-order valence-corrected chi connectivity index (χ0v) is 22.3. The molecule has 1 aromatic rings. The van der Waals surface area contributed by atoms with Gasteiger partial charge in [0.15, 0.2) is 11.4 Å². The third-order valence-corrected chi connectivity index (χ3v) is 7.06. The van der Waals surface area contributed by atoms with Crippen molar-refractivity contribution >= 4 is 33.3 Å². The van der Waals surface area contributed by atoms with Crippen LogP contribution >= 0.6 is 0 Å². The molecule has 0 heterocycles. The van der Waals surface area contributed by atoms with Crippen LogP contribution < -0.4 is 10.6 Å². The Morgan fingerprint density at radius 3 is 2.13 bits per heavy atom. The first-order valence-corrected chi connectivity index (χ1v) is 13.3. The van der Waals surface area contributed by atoms with E-state index in [2.05, 4.69) is 0 Å². The largest absolute Gasteiger partial charge is 0.510 e. The summed E-state index contributed by atoms with van der Waals surface area (Å²) in [4.78, 5) is 42.0. The Hall–Kier alpha value is -3.46. The van der Waals surface area contributed by atoms with E-state index in [1.807, 2.05) is 0 Å². The topological polar surface area (TPSA) is 219 Å². The van der Waals surface area contributed by atoms with Crippen LogP contribution in [0.5, 0.6) is 5.75 Å². The van der Waals surface area contributed by atoms with Gasteiger partial charge in [-0.25, -0.2) is 0 Å². The van der Waals surface area contributed by atoms with E-state index in [0.717, 1.165) is 5.69 Å². The van der Waals surface area contributed by atoms with Gasteiger partial charge in [-0.1, -0.05) is 0 Å². The number of anilines is 1. The van der Waals surface area contributed by atoms with E-state index in [1.54, 1.807) is 39.2 Å². The number of carbonyl (C=O) groups is 3.